The Labute approximate surface area is 245 Å². The Hall–Kier alpha value is -5.16. The first-order valence-corrected chi connectivity index (χ1v) is 13.6. The van der Waals surface area contributed by atoms with Crippen LogP contribution in [0, 0.1) is 0 Å². The monoisotopic (exact) mass is 580 g/mol. The second-order valence-electron chi connectivity index (χ2n) is 9.95. The second kappa shape index (κ2) is 11.4. The van der Waals surface area contributed by atoms with Gasteiger partial charge in [-0.1, -0.05) is 41.9 Å². The van der Waals surface area contributed by atoms with Crippen LogP contribution >= 0.6 is 11.6 Å². The summed E-state index contributed by atoms with van der Waals surface area (Å²) in [5.74, 6) is -0.263. The van der Waals surface area contributed by atoms with Gasteiger partial charge in [-0.3, -0.25) is 19.5 Å². The molecule has 0 spiro atoms. The number of rotatable bonds is 7. The molecule has 12 heteroatoms. The minimum Gasteiger partial charge on any atom is -0.325 e. The van der Waals surface area contributed by atoms with E-state index in [0.717, 1.165) is 22.2 Å². The van der Waals surface area contributed by atoms with Gasteiger partial charge in [0.1, 0.15) is 12.4 Å². The molecule has 1 aliphatic heterocycles. The van der Waals surface area contributed by atoms with Crippen LogP contribution in [-0.4, -0.2) is 59.4 Å². The van der Waals surface area contributed by atoms with Gasteiger partial charge >= 0.3 is 0 Å². The van der Waals surface area contributed by atoms with Crippen molar-refractivity contribution in [2.75, 3.05) is 11.9 Å². The summed E-state index contributed by atoms with van der Waals surface area (Å²) < 4.78 is 1.48. The number of tetrazole rings is 1. The lowest BCUT2D eigenvalue weighted by Gasteiger charge is -2.36. The van der Waals surface area contributed by atoms with E-state index in [2.05, 4.69) is 31.0 Å². The van der Waals surface area contributed by atoms with Crippen LogP contribution in [0.4, 0.5) is 5.82 Å². The van der Waals surface area contributed by atoms with Gasteiger partial charge in [-0.05, 0) is 69.9 Å². The normalized spacial score (nSPS) is 14.7. The maximum absolute atomic E-state index is 14.0. The lowest BCUT2D eigenvalue weighted by Crippen LogP contribution is -2.43. The molecule has 1 atom stereocenters. The molecule has 11 nitrogen and oxygen atoms in total. The number of H-pyrrole nitrogens is 1. The van der Waals surface area contributed by atoms with E-state index in [-0.39, 0.29) is 24.0 Å². The molecule has 0 fully saturated rings. The molecule has 0 aliphatic carbocycles. The van der Waals surface area contributed by atoms with E-state index in [4.69, 9.17) is 11.6 Å². The molecule has 0 saturated carbocycles. The standard InChI is InChI=1S/C30H25ClN8O3/c1-18(40)33-30-24-14-19(6-9-25(24)34-35-30)15-27(41)29-23-5-3-2-4-20(23)12-13-38(29)28(42)11-7-21-16-22(31)8-10-26(21)39-17-32-36-37-39/h2-11,14,16-17,29H,12-13,15H2,1H3,(H2,33,34,35,40)/b11-7+/t29-/m0/s1. The Balaban J connectivity index is 1.30. The number of halogens is 1. The number of aromatic amines is 1. The van der Waals surface area contributed by atoms with Crippen molar-refractivity contribution in [3.63, 3.8) is 0 Å². The van der Waals surface area contributed by atoms with Crippen molar-refractivity contribution < 1.29 is 14.4 Å². The summed E-state index contributed by atoms with van der Waals surface area (Å²) in [6.45, 7) is 1.80. The Morgan fingerprint density at radius 1 is 1.12 bits per heavy atom. The third kappa shape index (κ3) is 5.41. The first-order valence-electron chi connectivity index (χ1n) is 13.2. The van der Waals surface area contributed by atoms with Gasteiger partial charge in [-0.25, -0.2) is 0 Å². The Morgan fingerprint density at radius 3 is 2.79 bits per heavy atom. The summed E-state index contributed by atoms with van der Waals surface area (Å²) in [5, 5.41) is 22.3. The van der Waals surface area contributed by atoms with Crippen molar-refractivity contribution in [2.24, 2.45) is 0 Å². The molecule has 0 bridgehead atoms. The third-order valence-corrected chi connectivity index (χ3v) is 7.40. The van der Waals surface area contributed by atoms with E-state index >= 15 is 0 Å². The molecule has 0 saturated heterocycles. The fraction of sp³-hybridized carbons (Fsp3) is 0.167. The first-order chi connectivity index (χ1) is 20.4. The van der Waals surface area contributed by atoms with Crippen molar-refractivity contribution in [3.05, 3.63) is 100 Å². The quantitative estimate of drug-likeness (QED) is 0.276. The summed E-state index contributed by atoms with van der Waals surface area (Å²) in [5.41, 5.74) is 4.64. The summed E-state index contributed by atoms with van der Waals surface area (Å²) >= 11 is 6.24. The zero-order chi connectivity index (χ0) is 29.2. The topological polar surface area (TPSA) is 139 Å². The molecule has 42 heavy (non-hydrogen) atoms. The average molecular weight is 581 g/mol. The predicted molar refractivity (Wildman–Crippen MR) is 157 cm³/mol. The van der Waals surface area contributed by atoms with Crippen LogP contribution in [0.2, 0.25) is 5.02 Å². The highest BCUT2D eigenvalue weighted by Crippen LogP contribution is 2.33. The lowest BCUT2D eigenvalue weighted by atomic mass is 9.88. The fourth-order valence-corrected chi connectivity index (χ4v) is 5.46. The number of Topliss-reactive ketones (excluding diaryl/α,β-unsaturated/α-hetero) is 1. The van der Waals surface area contributed by atoms with Gasteiger partial charge in [-0.2, -0.15) is 9.78 Å². The molecule has 3 heterocycles. The van der Waals surface area contributed by atoms with Gasteiger partial charge in [0, 0.05) is 41.9 Å². The SMILES string of the molecule is CC(=O)Nc1n[nH]c2ccc(CC(=O)[C@@H]3c4ccccc4CCN3C(=O)/C=C/c3cc(Cl)ccc3-n3cnnn3)cc12. The van der Waals surface area contributed by atoms with Crippen molar-refractivity contribution >= 4 is 52.0 Å². The maximum Gasteiger partial charge on any atom is 0.247 e. The summed E-state index contributed by atoms with van der Waals surface area (Å²) in [6.07, 6.45) is 5.28. The van der Waals surface area contributed by atoms with Gasteiger partial charge in [-0.15, -0.1) is 5.10 Å². The van der Waals surface area contributed by atoms with Crippen LogP contribution in [0.1, 0.15) is 35.2 Å². The van der Waals surface area contributed by atoms with E-state index < -0.39 is 6.04 Å². The number of carbonyl (C=O) groups is 3. The summed E-state index contributed by atoms with van der Waals surface area (Å²) in [4.78, 5) is 40.8. The van der Waals surface area contributed by atoms with Gasteiger partial charge in [0.25, 0.3) is 0 Å². The smallest absolute Gasteiger partial charge is 0.247 e. The molecule has 1 aliphatic rings. The van der Waals surface area contributed by atoms with Gasteiger partial charge < -0.3 is 10.2 Å². The van der Waals surface area contributed by atoms with Crippen molar-refractivity contribution in [1.29, 1.82) is 0 Å². The van der Waals surface area contributed by atoms with Crippen molar-refractivity contribution in [3.8, 4) is 5.69 Å². The second-order valence-corrected chi connectivity index (χ2v) is 10.4. The molecule has 5 aromatic rings. The number of fused-ring (bicyclic) bond motifs is 2. The minimum atomic E-state index is -0.764. The van der Waals surface area contributed by atoms with Crippen LogP contribution in [0.5, 0.6) is 0 Å². The van der Waals surface area contributed by atoms with Gasteiger partial charge in [0.2, 0.25) is 11.8 Å². The van der Waals surface area contributed by atoms with Crippen LogP contribution < -0.4 is 5.32 Å². The first kappa shape index (κ1) is 27.0. The molecular formula is C30H25ClN8O3. The molecule has 210 valence electrons. The average Bonchev–Trinajstić information content (AvgIpc) is 3.66. The number of carbonyl (C=O) groups excluding carboxylic acids is 3. The minimum absolute atomic E-state index is 0.0882. The van der Waals surface area contributed by atoms with Gasteiger partial charge in [0.05, 0.1) is 11.2 Å². The van der Waals surface area contributed by atoms with E-state index in [1.54, 1.807) is 29.2 Å². The van der Waals surface area contributed by atoms with E-state index in [0.29, 0.717) is 40.4 Å². The maximum atomic E-state index is 14.0. The van der Waals surface area contributed by atoms with E-state index in [1.807, 2.05) is 42.5 Å². The van der Waals surface area contributed by atoms with Crippen LogP contribution in [0.15, 0.2) is 73.1 Å². The molecule has 3 aromatic carbocycles. The Morgan fingerprint density at radius 2 is 1.98 bits per heavy atom. The number of nitrogens with one attached hydrogen (secondary N) is 2. The van der Waals surface area contributed by atoms with E-state index in [1.165, 1.54) is 24.0 Å². The molecular weight excluding hydrogens is 556 g/mol. The molecule has 0 unspecified atom stereocenters. The van der Waals surface area contributed by atoms with Crippen LogP contribution in [0.25, 0.3) is 22.7 Å². The highest BCUT2D eigenvalue weighted by Gasteiger charge is 2.34. The predicted octanol–water partition coefficient (Wildman–Crippen LogP) is 4.10. The number of aromatic nitrogens is 6. The zero-order valence-corrected chi connectivity index (χ0v) is 23.2. The zero-order valence-electron chi connectivity index (χ0n) is 22.5. The number of hydrogen-bond acceptors (Lipinski definition) is 7. The highest BCUT2D eigenvalue weighted by atomic mass is 35.5. The Kier molecular flexibility index (Phi) is 7.32. The van der Waals surface area contributed by atoms with E-state index in [9.17, 15) is 14.4 Å². The highest BCUT2D eigenvalue weighted by molar-refractivity contribution is 6.30. The van der Waals surface area contributed by atoms with Crippen LogP contribution in [-0.2, 0) is 27.2 Å². The molecule has 6 rings (SSSR count). The number of nitrogens with zero attached hydrogens (tertiary/aromatic N) is 6. The molecule has 0 radical (unpaired) electrons. The summed E-state index contributed by atoms with van der Waals surface area (Å²) in [6, 6.07) is 17.7. The van der Waals surface area contributed by atoms with Crippen LogP contribution in [0.3, 0.4) is 0 Å². The van der Waals surface area contributed by atoms with Crippen molar-refractivity contribution in [1.82, 2.24) is 35.3 Å². The Bertz CT molecular complexity index is 1850. The molecule has 2 amide bonds. The number of benzene rings is 3. The number of amides is 2. The summed E-state index contributed by atoms with van der Waals surface area (Å²) in [7, 11) is 0. The number of ketones is 1. The third-order valence-electron chi connectivity index (χ3n) is 7.16. The molecule has 2 N–H and O–H groups in total. The largest absolute Gasteiger partial charge is 0.325 e. The molecule has 2 aromatic heterocycles. The number of hydrogen-bond donors (Lipinski definition) is 2. The number of anilines is 1. The van der Waals surface area contributed by atoms with Crippen molar-refractivity contribution in [2.45, 2.75) is 25.8 Å². The lowest BCUT2D eigenvalue weighted by molar-refractivity contribution is -0.136. The fourth-order valence-electron chi connectivity index (χ4n) is 5.28. The van der Waals surface area contributed by atoms with Gasteiger partial charge in [0.15, 0.2) is 11.6 Å².